The van der Waals surface area contributed by atoms with Crippen molar-refractivity contribution >= 4 is 17.5 Å². The van der Waals surface area contributed by atoms with Gasteiger partial charge in [-0.25, -0.2) is 5.48 Å². The number of hydrogen-bond donors (Lipinski definition) is 5. The Labute approximate surface area is 177 Å². The van der Waals surface area contributed by atoms with Crippen molar-refractivity contribution in [2.75, 3.05) is 5.32 Å². The molecule has 0 radical (unpaired) electrons. The average Bonchev–Trinajstić information content (AvgIpc) is 3.54. The van der Waals surface area contributed by atoms with E-state index in [2.05, 4.69) is 17.3 Å². The number of hydroxylamine groups is 1. The highest BCUT2D eigenvalue weighted by Crippen LogP contribution is 2.40. The quantitative estimate of drug-likeness (QED) is 0.126. The molecule has 0 spiro atoms. The number of carbonyl (C=O) groups excluding carboxylic acids is 2. The molecular formula is C23H30N4O3. The molecule has 7 heteroatoms. The maximum atomic E-state index is 12.2. The first-order chi connectivity index (χ1) is 14.5. The summed E-state index contributed by atoms with van der Waals surface area (Å²) in [5.41, 5.74) is 8.19. The molecule has 2 amide bonds. The standard InChI is InChI=1S/C23H30N4O3/c1-3-17(9-14-23(29)27-30)8-7-16(2)5-4-6-22(28)25-19-12-10-18(11-13-19)20-15-21(20)26-24/h3,7-14,20-21,26,30H,1,4-6,15,24H2,2H3,(H,25,28)(H,27,29)/b14-9+,16-7+,17-8+. The van der Waals surface area contributed by atoms with Gasteiger partial charge in [-0.15, -0.1) is 0 Å². The van der Waals surface area contributed by atoms with Crippen LogP contribution in [0.3, 0.4) is 0 Å². The molecular weight excluding hydrogens is 380 g/mol. The van der Waals surface area contributed by atoms with Crippen molar-refractivity contribution in [3.05, 3.63) is 77.9 Å². The largest absolute Gasteiger partial charge is 0.326 e. The molecule has 6 N–H and O–H groups in total. The first kappa shape index (κ1) is 23.3. The molecule has 1 saturated carbocycles. The van der Waals surface area contributed by atoms with Crippen LogP contribution in [0.25, 0.3) is 0 Å². The lowest BCUT2D eigenvalue weighted by Crippen LogP contribution is -2.25. The SMILES string of the molecule is C=CC(/C=C/C(=O)NO)=C\C=C(/C)CCCC(=O)Nc1ccc(C2CC2NN)cc1. The van der Waals surface area contributed by atoms with E-state index in [1.165, 1.54) is 17.1 Å². The van der Waals surface area contributed by atoms with Crippen molar-refractivity contribution in [2.24, 2.45) is 5.84 Å². The maximum Gasteiger partial charge on any atom is 0.267 e. The number of hydrazine groups is 1. The van der Waals surface area contributed by atoms with E-state index in [9.17, 15) is 9.59 Å². The number of nitrogens with one attached hydrogen (secondary N) is 3. The number of hydrogen-bond acceptors (Lipinski definition) is 5. The molecule has 7 nitrogen and oxygen atoms in total. The summed E-state index contributed by atoms with van der Waals surface area (Å²) in [6.07, 6.45) is 11.1. The fraction of sp³-hybridized carbons (Fsp3) is 0.304. The fourth-order valence-corrected chi connectivity index (χ4v) is 3.04. The molecule has 1 aliphatic rings. The lowest BCUT2D eigenvalue weighted by Gasteiger charge is -2.07. The predicted octanol–water partition coefficient (Wildman–Crippen LogP) is 3.23. The molecule has 0 aliphatic heterocycles. The van der Waals surface area contributed by atoms with Crippen LogP contribution >= 0.6 is 0 Å². The molecule has 160 valence electrons. The zero-order valence-corrected chi connectivity index (χ0v) is 17.2. The van der Waals surface area contributed by atoms with E-state index in [4.69, 9.17) is 11.0 Å². The van der Waals surface area contributed by atoms with Gasteiger partial charge in [0, 0.05) is 30.1 Å². The van der Waals surface area contributed by atoms with Crippen LogP contribution in [0, 0.1) is 0 Å². The van der Waals surface area contributed by atoms with Crippen molar-refractivity contribution in [3.8, 4) is 0 Å². The number of nitrogens with two attached hydrogens (primary N) is 1. The van der Waals surface area contributed by atoms with Gasteiger partial charge in [-0.1, -0.05) is 42.5 Å². The molecule has 0 saturated heterocycles. The molecule has 1 fully saturated rings. The zero-order valence-electron chi connectivity index (χ0n) is 17.2. The second-order valence-electron chi connectivity index (χ2n) is 7.33. The third kappa shape index (κ3) is 7.79. The van der Waals surface area contributed by atoms with Gasteiger partial charge in [0.15, 0.2) is 0 Å². The van der Waals surface area contributed by atoms with Crippen LogP contribution < -0.4 is 22.1 Å². The Morgan fingerprint density at radius 1 is 1.20 bits per heavy atom. The van der Waals surface area contributed by atoms with Crippen LogP contribution in [-0.4, -0.2) is 23.1 Å². The molecule has 1 aromatic carbocycles. The Morgan fingerprint density at radius 2 is 1.93 bits per heavy atom. The van der Waals surface area contributed by atoms with E-state index in [-0.39, 0.29) is 5.91 Å². The van der Waals surface area contributed by atoms with Gasteiger partial charge in [0.1, 0.15) is 0 Å². The molecule has 1 aliphatic carbocycles. The molecule has 1 aromatic rings. The lowest BCUT2D eigenvalue weighted by molar-refractivity contribution is -0.124. The van der Waals surface area contributed by atoms with E-state index in [0.717, 1.165) is 36.1 Å². The Hall–Kier alpha value is -3.00. The Morgan fingerprint density at radius 3 is 2.53 bits per heavy atom. The summed E-state index contributed by atoms with van der Waals surface area (Å²) >= 11 is 0. The summed E-state index contributed by atoms with van der Waals surface area (Å²) in [5, 5.41) is 11.4. The molecule has 2 unspecified atom stereocenters. The number of benzene rings is 1. The van der Waals surface area contributed by atoms with Crippen LogP contribution in [-0.2, 0) is 9.59 Å². The topological polar surface area (TPSA) is 116 Å². The van der Waals surface area contributed by atoms with Gasteiger partial charge >= 0.3 is 0 Å². The number of carbonyl (C=O) groups is 2. The second-order valence-corrected chi connectivity index (χ2v) is 7.33. The van der Waals surface area contributed by atoms with E-state index in [1.807, 2.05) is 43.3 Å². The van der Waals surface area contributed by atoms with Crippen LogP contribution in [0.4, 0.5) is 5.69 Å². The number of anilines is 1. The van der Waals surface area contributed by atoms with E-state index in [0.29, 0.717) is 18.4 Å². The Bertz CT molecular complexity index is 841. The van der Waals surface area contributed by atoms with Crippen LogP contribution in [0.2, 0.25) is 0 Å². The number of allylic oxidation sites excluding steroid dienone is 6. The van der Waals surface area contributed by atoms with Gasteiger partial charge in [0.2, 0.25) is 5.91 Å². The second kappa shape index (κ2) is 11.9. The van der Waals surface area contributed by atoms with E-state index >= 15 is 0 Å². The minimum atomic E-state index is -0.603. The molecule has 2 atom stereocenters. The van der Waals surface area contributed by atoms with Gasteiger partial charge in [-0.05, 0) is 55.5 Å². The van der Waals surface area contributed by atoms with Crippen LogP contribution in [0.15, 0.2) is 72.4 Å². The molecule has 30 heavy (non-hydrogen) atoms. The summed E-state index contributed by atoms with van der Waals surface area (Å²) < 4.78 is 0. The number of amides is 2. The van der Waals surface area contributed by atoms with Crippen LogP contribution in [0.1, 0.15) is 44.1 Å². The van der Waals surface area contributed by atoms with Crippen molar-refractivity contribution in [1.29, 1.82) is 0 Å². The monoisotopic (exact) mass is 410 g/mol. The van der Waals surface area contributed by atoms with Gasteiger partial charge < -0.3 is 5.32 Å². The van der Waals surface area contributed by atoms with Crippen molar-refractivity contribution < 1.29 is 14.8 Å². The maximum absolute atomic E-state index is 12.2. The number of rotatable bonds is 11. The van der Waals surface area contributed by atoms with Crippen molar-refractivity contribution in [2.45, 2.75) is 44.6 Å². The van der Waals surface area contributed by atoms with Gasteiger partial charge in [0.05, 0.1) is 0 Å². The fourth-order valence-electron chi connectivity index (χ4n) is 3.04. The predicted molar refractivity (Wildman–Crippen MR) is 118 cm³/mol. The third-order valence-corrected chi connectivity index (χ3v) is 4.94. The summed E-state index contributed by atoms with van der Waals surface area (Å²) in [7, 11) is 0. The average molecular weight is 411 g/mol. The van der Waals surface area contributed by atoms with E-state index in [1.54, 1.807) is 12.2 Å². The molecule has 2 rings (SSSR count). The first-order valence-corrected chi connectivity index (χ1v) is 9.94. The minimum Gasteiger partial charge on any atom is -0.326 e. The molecule has 0 aromatic heterocycles. The third-order valence-electron chi connectivity index (χ3n) is 4.94. The lowest BCUT2D eigenvalue weighted by atomic mass is 10.1. The van der Waals surface area contributed by atoms with Gasteiger partial charge in [-0.2, -0.15) is 0 Å². The van der Waals surface area contributed by atoms with E-state index < -0.39 is 5.91 Å². The van der Waals surface area contributed by atoms with Gasteiger partial charge in [-0.3, -0.25) is 26.1 Å². The van der Waals surface area contributed by atoms with Crippen LogP contribution in [0.5, 0.6) is 0 Å². The zero-order chi connectivity index (χ0) is 21.9. The van der Waals surface area contributed by atoms with Crippen molar-refractivity contribution in [3.63, 3.8) is 0 Å². The first-order valence-electron chi connectivity index (χ1n) is 9.94. The highest BCUT2D eigenvalue weighted by Gasteiger charge is 2.37. The highest BCUT2D eigenvalue weighted by atomic mass is 16.5. The van der Waals surface area contributed by atoms with Gasteiger partial charge in [0.25, 0.3) is 5.91 Å². The minimum absolute atomic E-state index is 0.0104. The normalized spacial score (nSPS) is 18.9. The molecule has 0 heterocycles. The molecule has 0 bridgehead atoms. The summed E-state index contributed by atoms with van der Waals surface area (Å²) in [6.45, 7) is 5.68. The highest BCUT2D eigenvalue weighted by molar-refractivity contribution is 5.90. The summed E-state index contributed by atoms with van der Waals surface area (Å²) in [4.78, 5) is 23.2. The van der Waals surface area contributed by atoms with Crippen molar-refractivity contribution in [1.82, 2.24) is 10.9 Å². The Kier molecular flexibility index (Phi) is 9.21. The summed E-state index contributed by atoms with van der Waals surface area (Å²) in [5.74, 6) is 5.30. The summed E-state index contributed by atoms with van der Waals surface area (Å²) in [6, 6.07) is 8.28. The smallest absolute Gasteiger partial charge is 0.267 e. The Balaban J connectivity index is 1.74.